The van der Waals surface area contributed by atoms with Crippen molar-refractivity contribution in [2.75, 3.05) is 6.54 Å². The van der Waals surface area contributed by atoms with Crippen molar-refractivity contribution in [1.29, 1.82) is 0 Å². The highest BCUT2D eigenvalue weighted by molar-refractivity contribution is 5.76. The molecule has 0 aromatic carbocycles. The molecule has 5 nitrogen and oxygen atoms in total. The monoisotopic (exact) mass is 256 g/mol. The van der Waals surface area contributed by atoms with E-state index in [1.165, 1.54) is 6.42 Å². The molecule has 0 aromatic heterocycles. The van der Waals surface area contributed by atoms with Crippen molar-refractivity contribution in [2.24, 2.45) is 11.3 Å². The van der Waals surface area contributed by atoms with Crippen molar-refractivity contribution >= 4 is 12.0 Å². The van der Waals surface area contributed by atoms with Crippen LogP contribution in [0.1, 0.15) is 46.5 Å². The zero-order chi connectivity index (χ0) is 13.8. The van der Waals surface area contributed by atoms with E-state index in [-0.39, 0.29) is 24.0 Å². The molecule has 104 valence electrons. The molecule has 1 fully saturated rings. The van der Waals surface area contributed by atoms with E-state index in [0.717, 1.165) is 19.3 Å². The minimum atomic E-state index is -0.895. The number of hydrogen-bond donors (Lipinski definition) is 3. The lowest BCUT2D eigenvalue weighted by Gasteiger charge is -2.39. The molecule has 0 heterocycles. The van der Waals surface area contributed by atoms with Crippen LogP contribution in [0.4, 0.5) is 4.79 Å². The number of nitrogens with one attached hydrogen (secondary N) is 2. The average Bonchev–Trinajstić information content (AvgIpc) is 2.28. The average molecular weight is 256 g/mol. The van der Waals surface area contributed by atoms with Gasteiger partial charge >= 0.3 is 12.0 Å². The molecule has 18 heavy (non-hydrogen) atoms. The van der Waals surface area contributed by atoms with Gasteiger partial charge in [-0.05, 0) is 18.3 Å². The van der Waals surface area contributed by atoms with Crippen LogP contribution in [0.15, 0.2) is 0 Å². The van der Waals surface area contributed by atoms with Crippen molar-refractivity contribution in [1.82, 2.24) is 10.6 Å². The minimum Gasteiger partial charge on any atom is -0.481 e. The van der Waals surface area contributed by atoms with Gasteiger partial charge in [0, 0.05) is 12.6 Å². The molecule has 0 aromatic rings. The summed E-state index contributed by atoms with van der Waals surface area (Å²) in [5.74, 6) is -1.46. The number of urea groups is 1. The van der Waals surface area contributed by atoms with Crippen LogP contribution in [0.25, 0.3) is 0 Å². The van der Waals surface area contributed by atoms with Crippen LogP contribution < -0.4 is 10.6 Å². The summed E-state index contributed by atoms with van der Waals surface area (Å²) in [4.78, 5) is 22.3. The van der Waals surface area contributed by atoms with Gasteiger partial charge < -0.3 is 15.7 Å². The molecule has 1 aliphatic rings. The summed E-state index contributed by atoms with van der Waals surface area (Å²) in [6, 6.07) is -0.0885. The topological polar surface area (TPSA) is 78.4 Å². The van der Waals surface area contributed by atoms with Crippen molar-refractivity contribution in [3.05, 3.63) is 0 Å². The minimum absolute atomic E-state index is 0.119. The van der Waals surface area contributed by atoms with Crippen LogP contribution in [0.3, 0.4) is 0 Å². The Balaban J connectivity index is 2.37. The maximum absolute atomic E-state index is 11.7. The fourth-order valence-electron chi connectivity index (χ4n) is 2.30. The molecule has 2 unspecified atom stereocenters. The molecule has 1 rings (SSSR count). The Morgan fingerprint density at radius 2 is 2.06 bits per heavy atom. The second kappa shape index (κ2) is 6.07. The van der Waals surface area contributed by atoms with Gasteiger partial charge in [-0.1, -0.05) is 33.6 Å². The van der Waals surface area contributed by atoms with Crippen LogP contribution >= 0.6 is 0 Å². The molecule has 2 atom stereocenters. The zero-order valence-corrected chi connectivity index (χ0v) is 11.5. The fraction of sp³-hybridized carbons (Fsp3) is 0.846. The van der Waals surface area contributed by atoms with E-state index >= 15 is 0 Å². The summed E-state index contributed by atoms with van der Waals surface area (Å²) in [5.41, 5.74) is 0.119. The largest absolute Gasteiger partial charge is 0.481 e. The van der Waals surface area contributed by atoms with E-state index in [1.807, 2.05) is 0 Å². The first kappa shape index (κ1) is 14.8. The molecule has 0 saturated heterocycles. The number of aliphatic carboxylic acids is 1. The molecular weight excluding hydrogens is 232 g/mol. The molecule has 1 saturated carbocycles. The van der Waals surface area contributed by atoms with Crippen LogP contribution in [0.5, 0.6) is 0 Å². The third kappa shape index (κ3) is 4.20. The highest BCUT2D eigenvalue weighted by Gasteiger charge is 2.33. The first-order valence-electron chi connectivity index (χ1n) is 6.60. The van der Waals surface area contributed by atoms with Crippen molar-refractivity contribution < 1.29 is 14.7 Å². The number of carboxylic acid groups (broad SMARTS) is 1. The van der Waals surface area contributed by atoms with Gasteiger partial charge in [-0.25, -0.2) is 4.79 Å². The lowest BCUT2D eigenvalue weighted by atomic mass is 9.73. The molecule has 1 aliphatic carbocycles. The summed E-state index contributed by atoms with van der Waals surface area (Å²) in [7, 11) is 0. The second-order valence-corrected chi connectivity index (χ2v) is 5.88. The van der Waals surface area contributed by atoms with E-state index < -0.39 is 11.9 Å². The molecule has 0 bridgehead atoms. The Morgan fingerprint density at radius 3 is 2.61 bits per heavy atom. The van der Waals surface area contributed by atoms with Crippen LogP contribution in [-0.4, -0.2) is 29.7 Å². The molecule has 5 heteroatoms. The van der Waals surface area contributed by atoms with Gasteiger partial charge in [-0.3, -0.25) is 4.79 Å². The first-order valence-corrected chi connectivity index (χ1v) is 6.60. The van der Waals surface area contributed by atoms with Gasteiger partial charge in [0.05, 0.1) is 5.92 Å². The SMILES string of the molecule is CC(CNC(=O)NC1CCCCC1(C)C)C(=O)O. The van der Waals surface area contributed by atoms with Gasteiger partial charge in [-0.2, -0.15) is 0 Å². The molecule has 3 N–H and O–H groups in total. The Kier molecular flexibility index (Phi) is 4.99. The first-order chi connectivity index (χ1) is 8.33. The van der Waals surface area contributed by atoms with Gasteiger partial charge in [0.2, 0.25) is 0 Å². The lowest BCUT2D eigenvalue weighted by molar-refractivity contribution is -0.140. The van der Waals surface area contributed by atoms with E-state index in [0.29, 0.717) is 0 Å². The Morgan fingerprint density at radius 1 is 1.39 bits per heavy atom. The van der Waals surface area contributed by atoms with Crippen LogP contribution in [0, 0.1) is 11.3 Å². The summed E-state index contributed by atoms with van der Waals surface area (Å²) in [6.45, 7) is 6.06. The second-order valence-electron chi connectivity index (χ2n) is 5.88. The third-order valence-electron chi connectivity index (χ3n) is 3.80. The van der Waals surface area contributed by atoms with Crippen LogP contribution in [-0.2, 0) is 4.79 Å². The predicted octanol–water partition coefficient (Wildman–Crippen LogP) is 1.98. The molecule has 0 aliphatic heterocycles. The van der Waals surface area contributed by atoms with Crippen molar-refractivity contribution in [3.8, 4) is 0 Å². The van der Waals surface area contributed by atoms with Gasteiger partial charge in [0.15, 0.2) is 0 Å². The standard InChI is InChI=1S/C13H24N2O3/c1-9(11(16)17)8-14-12(18)15-10-6-4-5-7-13(10,2)3/h9-10H,4-8H2,1-3H3,(H,16,17)(H2,14,15,18). The smallest absolute Gasteiger partial charge is 0.315 e. The van der Waals surface area contributed by atoms with E-state index in [2.05, 4.69) is 24.5 Å². The Bertz CT molecular complexity index is 315. The number of carbonyl (C=O) groups is 2. The molecule has 2 amide bonds. The van der Waals surface area contributed by atoms with Crippen molar-refractivity contribution in [3.63, 3.8) is 0 Å². The number of rotatable bonds is 4. The normalized spacial score (nSPS) is 24.1. The highest BCUT2D eigenvalue weighted by Crippen LogP contribution is 2.35. The maximum Gasteiger partial charge on any atom is 0.315 e. The van der Waals surface area contributed by atoms with Gasteiger partial charge in [-0.15, -0.1) is 0 Å². The number of hydrogen-bond acceptors (Lipinski definition) is 2. The highest BCUT2D eigenvalue weighted by atomic mass is 16.4. The molecule has 0 spiro atoms. The van der Waals surface area contributed by atoms with Gasteiger partial charge in [0.1, 0.15) is 0 Å². The lowest BCUT2D eigenvalue weighted by Crippen LogP contribution is -2.51. The quantitative estimate of drug-likeness (QED) is 0.719. The summed E-state index contributed by atoms with van der Waals surface area (Å²) in [6.07, 6.45) is 4.46. The van der Waals surface area contributed by atoms with Crippen molar-refractivity contribution in [2.45, 2.75) is 52.5 Å². The number of carboxylic acids is 1. The van der Waals surface area contributed by atoms with E-state index in [4.69, 9.17) is 5.11 Å². The Hall–Kier alpha value is -1.26. The number of carbonyl (C=O) groups excluding carboxylic acids is 1. The number of amides is 2. The Labute approximate surface area is 108 Å². The third-order valence-corrected chi connectivity index (χ3v) is 3.80. The zero-order valence-electron chi connectivity index (χ0n) is 11.5. The summed E-state index contributed by atoms with van der Waals surface area (Å²) in [5, 5.41) is 14.3. The predicted molar refractivity (Wildman–Crippen MR) is 69.4 cm³/mol. The summed E-state index contributed by atoms with van der Waals surface area (Å²) < 4.78 is 0. The molecule has 0 radical (unpaired) electrons. The van der Waals surface area contributed by atoms with E-state index in [1.54, 1.807) is 6.92 Å². The van der Waals surface area contributed by atoms with Crippen LogP contribution in [0.2, 0.25) is 0 Å². The fourth-order valence-corrected chi connectivity index (χ4v) is 2.30. The van der Waals surface area contributed by atoms with Gasteiger partial charge in [0.25, 0.3) is 0 Å². The molecular formula is C13H24N2O3. The maximum atomic E-state index is 11.7. The summed E-state index contributed by atoms with van der Waals surface area (Å²) >= 11 is 0. The van der Waals surface area contributed by atoms with E-state index in [9.17, 15) is 9.59 Å².